The van der Waals surface area contributed by atoms with E-state index in [9.17, 15) is 9.90 Å². The average molecular weight is 257 g/mol. The molecule has 19 heavy (non-hydrogen) atoms. The van der Waals surface area contributed by atoms with Gasteiger partial charge in [0.05, 0.1) is 12.8 Å². The number of pyridine rings is 1. The van der Waals surface area contributed by atoms with E-state index in [0.717, 1.165) is 0 Å². The van der Waals surface area contributed by atoms with Gasteiger partial charge in [0, 0.05) is 23.4 Å². The number of hydrogen-bond acceptors (Lipinski definition) is 5. The number of ether oxygens (including phenoxy) is 1. The molecule has 96 valence electrons. The first-order chi connectivity index (χ1) is 9.06. The molecule has 1 heterocycles. The summed E-state index contributed by atoms with van der Waals surface area (Å²) in [7, 11) is 1.44. The molecular formula is C13H11N3O3. The van der Waals surface area contributed by atoms with Crippen LogP contribution in [0.15, 0.2) is 29.2 Å². The van der Waals surface area contributed by atoms with Crippen LogP contribution < -0.4 is 16.0 Å². The number of nitriles is 1. The second-order valence-electron chi connectivity index (χ2n) is 3.85. The number of nitrogens with one attached hydrogen (secondary N) is 1. The Morgan fingerprint density at radius 1 is 1.42 bits per heavy atom. The molecule has 2 rings (SSSR count). The van der Waals surface area contributed by atoms with E-state index in [-0.39, 0.29) is 11.3 Å². The van der Waals surface area contributed by atoms with E-state index in [0.29, 0.717) is 22.6 Å². The zero-order valence-corrected chi connectivity index (χ0v) is 10.1. The van der Waals surface area contributed by atoms with E-state index in [4.69, 9.17) is 15.7 Å². The molecule has 0 atom stereocenters. The van der Waals surface area contributed by atoms with Crippen LogP contribution >= 0.6 is 0 Å². The second-order valence-corrected chi connectivity index (χ2v) is 3.85. The highest BCUT2D eigenvalue weighted by Gasteiger charge is 2.11. The molecule has 0 aliphatic heterocycles. The zero-order chi connectivity index (χ0) is 14.0. The third-order valence-corrected chi connectivity index (χ3v) is 2.68. The fourth-order valence-electron chi connectivity index (χ4n) is 1.72. The molecule has 6 heteroatoms. The minimum Gasteiger partial charge on any atom is -0.507 e. The molecule has 1 aromatic heterocycles. The third kappa shape index (κ3) is 2.21. The molecule has 0 aliphatic carbocycles. The van der Waals surface area contributed by atoms with Crippen molar-refractivity contribution in [2.75, 3.05) is 12.8 Å². The first-order valence-corrected chi connectivity index (χ1v) is 5.36. The predicted octanol–water partition coefficient (Wildman–Crippen LogP) is 1.21. The number of aromatic amines is 1. The second kappa shape index (κ2) is 4.74. The molecule has 0 radical (unpaired) electrons. The summed E-state index contributed by atoms with van der Waals surface area (Å²) < 4.78 is 4.99. The molecule has 0 saturated heterocycles. The highest BCUT2D eigenvalue weighted by atomic mass is 16.5. The van der Waals surface area contributed by atoms with Gasteiger partial charge < -0.3 is 20.6 Å². The number of aromatic nitrogens is 1. The lowest BCUT2D eigenvalue weighted by Crippen LogP contribution is -2.08. The van der Waals surface area contributed by atoms with Crippen molar-refractivity contribution < 1.29 is 9.84 Å². The van der Waals surface area contributed by atoms with Crippen LogP contribution in [0.4, 0.5) is 5.69 Å². The van der Waals surface area contributed by atoms with Crippen LogP contribution in [0, 0.1) is 11.3 Å². The highest BCUT2D eigenvalue weighted by Crippen LogP contribution is 2.36. The van der Waals surface area contributed by atoms with Gasteiger partial charge in [-0.15, -0.1) is 0 Å². The van der Waals surface area contributed by atoms with E-state index in [1.165, 1.54) is 31.5 Å². The van der Waals surface area contributed by atoms with Crippen LogP contribution in [-0.2, 0) is 0 Å². The van der Waals surface area contributed by atoms with Crippen LogP contribution in [0.2, 0.25) is 0 Å². The van der Waals surface area contributed by atoms with Crippen molar-refractivity contribution in [3.05, 3.63) is 40.3 Å². The van der Waals surface area contributed by atoms with E-state index < -0.39 is 5.56 Å². The Balaban J connectivity index is 2.63. The number of nitrogen functional groups attached to an aromatic ring is 1. The van der Waals surface area contributed by atoms with Crippen LogP contribution in [0.1, 0.15) is 5.56 Å². The molecule has 2 aromatic rings. The lowest BCUT2D eigenvalue weighted by atomic mass is 10.0. The number of methoxy groups -OCH3 is 1. The SMILES string of the molecule is COc1cc(O)c(-c2c[nH]c(=O)c(C#N)c2)cc1N. The quantitative estimate of drug-likeness (QED) is 0.553. The van der Waals surface area contributed by atoms with Gasteiger partial charge in [0.2, 0.25) is 0 Å². The Morgan fingerprint density at radius 3 is 2.79 bits per heavy atom. The summed E-state index contributed by atoms with van der Waals surface area (Å²) in [5.41, 5.74) is 6.49. The topological polar surface area (TPSA) is 112 Å². The van der Waals surface area contributed by atoms with Crippen molar-refractivity contribution in [1.82, 2.24) is 4.98 Å². The largest absolute Gasteiger partial charge is 0.507 e. The maximum atomic E-state index is 11.3. The van der Waals surface area contributed by atoms with Crippen LogP contribution in [-0.4, -0.2) is 17.2 Å². The average Bonchev–Trinajstić information content (AvgIpc) is 2.41. The van der Waals surface area contributed by atoms with Gasteiger partial charge >= 0.3 is 0 Å². The van der Waals surface area contributed by atoms with Crippen molar-refractivity contribution >= 4 is 5.69 Å². The summed E-state index contributed by atoms with van der Waals surface area (Å²) >= 11 is 0. The number of phenols is 1. The van der Waals surface area contributed by atoms with Crippen molar-refractivity contribution in [2.45, 2.75) is 0 Å². The molecule has 0 amide bonds. The van der Waals surface area contributed by atoms with Gasteiger partial charge in [-0.3, -0.25) is 4.79 Å². The summed E-state index contributed by atoms with van der Waals surface area (Å²) in [5, 5.41) is 18.7. The van der Waals surface area contributed by atoms with Gasteiger partial charge in [0.25, 0.3) is 5.56 Å². The Labute approximate surface area is 108 Å². The summed E-state index contributed by atoms with van der Waals surface area (Å²) in [4.78, 5) is 13.7. The Morgan fingerprint density at radius 2 is 2.16 bits per heavy atom. The molecule has 1 aromatic carbocycles. The summed E-state index contributed by atoms with van der Waals surface area (Å²) in [6, 6.07) is 6.06. The van der Waals surface area contributed by atoms with Gasteiger partial charge in [-0.05, 0) is 12.1 Å². The minimum atomic E-state index is -0.479. The molecule has 0 unspecified atom stereocenters. The monoisotopic (exact) mass is 257 g/mol. The maximum Gasteiger partial charge on any atom is 0.265 e. The standard InChI is InChI=1S/C13H11N3O3/c1-19-12-4-11(17)9(3-10(12)15)8-2-7(5-14)13(18)16-6-8/h2-4,6,17H,15H2,1H3,(H,16,18). The third-order valence-electron chi connectivity index (χ3n) is 2.68. The maximum absolute atomic E-state index is 11.3. The Hall–Kier alpha value is -2.94. The zero-order valence-electron chi connectivity index (χ0n) is 10.1. The number of rotatable bonds is 2. The fourth-order valence-corrected chi connectivity index (χ4v) is 1.72. The number of anilines is 1. The summed E-state index contributed by atoms with van der Waals surface area (Å²) in [5.74, 6) is 0.299. The molecular weight excluding hydrogens is 246 g/mol. The number of aromatic hydroxyl groups is 1. The number of hydrogen-bond donors (Lipinski definition) is 3. The normalized spacial score (nSPS) is 9.89. The van der Waals surface area contributed by atoms with Crippen molar-refractivity contribution in [2.24, 2.45) is 0 Å². The number of phenolic OH excluding ortho intramolecular Hbond substituents is 1. The van der Waals surface area contributed by atoms with Gasteiger partial charge in [0.1, 0.15) is 23.1 Å². The molecule has 0 fully saturated rings. The first-order valence-electron chi connectivity index (χ1n) is 5.36. The summed E-state index contributed by atoms with van der Waals surface area (Å²) in [6.45, 7) is 0. The van der Waals surface area contributed by atoms with Crippen molar-refractivity contribution in [3.63, 3.8) is 0 Å². The molecule has 0 bridgehead atoms. The van der Waals surface area contributed by atoms with E-state index in [1.807, 2.05) is 0 Å². The van der Waals surface area contributed by atoms with E-state index >= 15 is 0 Å². The Bertz CT molecular complexity index is 729. The smallest absolute Gasteiger partial charge is 0.265 e. The van der Waals surface area contributed by atoms with E-state index in [1.54, 1.807) is 6.07 Å². The molecule has 0 spiro atoms. The van der Waals surface area contributed by atoms with Crippen LogP contribution in [0.25, 0.3) is 11.1 Å². The number of benzene rings is 1. The number of H-pyrrole nitrogens is 1. The van der Waals surface area contributed by atoms with Crippen LogP contribution in [0.5, 0.6) is 11.5 Å². The molecule has 0 aliphatic rings. The van der Waals surface area contributed by atoms with Gasteiger partial charge in [0.15, 0.2) is 0 Å². The van der Waals surface area contributed by atoms with Crippen molar-refractivity contribution in [3.8, 4) is 28.7 Å². The van der Waals surface area contributed by atoms with Gasteiger partial charge in [-0.25, -0.2) is 0 Å². The fraction of sp³-hybridized carbons (Fsp3) is 0.0769. The minimum absolute atomic E-state index is 0.0358. The Kier molecular flexibility index (Phi) is 3.12. The lowest BCUT2D eigenvalue weighted by molar-refractivity contribution is 0.410. The highest BCUT2D eigenvalue weighted by molar-refractivity contribution is 5.76. The van der Waals surface area contributed by atoms with Gasteiger partial charge in [-0.1, -0.05) is 0 Å². The number of nitrogens with two attached hydrogens (primary N) is 1. The lowest BCUT2D eigenvalue weighted by Gasteiger charge is -2.10. The number of nitrogens with zero attached hydrogens (tertiary/aromatic N) is 1. The molecule has 6 nitrogen and oxygen atoms in total. The van der Waals surface area contributed by atoms with Crippen molar-refractivity contribution in [1.29, 1.82) is 5.26 Å². The predicted molar refractivity (Wildman–Crippen MR) is 69.8 cm³/mol. The van der Waals surface area contributed by atoms with Gasteiger partial charge in [-0.2, -0.15) is 5.26 Å². The van der Waals surface area contributed by atoms with Crippen LogP contribution in [0.3, 0.4) is 0 Å². The molecule has 0 saturated carbocycles. The molecule has 4 N–H and O–H groups in total. The first kappa shape index (κ1) is 12.5. The summed E-state index contributed by atoms with van der Waals surface area (Å²) in [6.07, 6.45) is 1.41. The van der Waals surface area contributed by atoms with E-state index in [2.05, 4.69) is 4.98 Å².